The summed E-state index contributed by atoms with van der Waals surface area (Å²) in [4.78, 5) is 50.7. The van der Waals surface area contributed by atoms with E-state index < -0.39 is 18.6 Å². The number of aromatic nitrogens is 2. The second-order valence-corrected chi connectivity index (χ2v) is 7.56. The highest BCUT2D eigenvalue weighted by Gasteiger charge is 2.28. The van der Waals surface area contributed by atoms with E-state index in [9.17, 15) is 18.8 Å². The van der Waals surface area contributed by atoms with Crippen LogP contribution in [0.5, 0.6) is 0 Å². The van der Waals surface area contributed by atoms with E-state index in [1.54, 1.807) is 24.5 Å². The molecule has 9 nitrogen and oxygen atoms in total. The Morgan fingerprint density at radius 1 is 1.26 bits per heavy atom. The number of carboxylic acids is 1. The van der Waals surface area contributed by atoms with Gasteiger partial charge in [0.1, 0.15) is 6.61 Å². The number of hydrogen-bond acceptors (Lipinski definition) is 7. The lowest BCUT2D eigenvalue weighted by atomic mass is 10.00. The van der Waals surface area contributed by atoms with E-state index in [-0.39, 0.29) is 24.5 Å². The van der Waals surface area contributed by atoms with Gasteiger partial charge in [-0.1, -0.05) is 25.1 Å². The van der Waals surface area contributed by atoms with Gasteiger partial charge in [0.05, 0.1) is 30.0 Å². The van der Waals surface area contributed by atoms with Crippen LogP contribution >= 0.6 is 0 Å². The zero-order valence-corrected chi connectivity index (χ0v) is 18.8. The fraction of sp³-hybridized carbons (Fsp3) is 0.292. The molecule has 0 saturated carbocycles. The SMILES string of the molecule is CCC(=O)c1cc2n(c(=O)c1C)Cc1c-2nc2ccccc2c1COC(=O)CN.O=C(O)CF. The normalized spacial score (nSPS) is 11.3. The number of aliphatic carboxylic acids is 1. The molecular formula is C24H24FN3O6. The van der Waals surface area contributed by atoms with Gasteiger partial charge in [0.25, 0.3) is 5.56 Å². The van der Waals surface area contributed by atoms with Crippen LogP contribution in [-0.2, 0) is 27.5 Å². The summed E-state index contributed by atoms with van der Waals surface area (Å²) in [5.74, 6) is -1.99. The molecule has 2 aromatic heterocycles. The molecule has 178 valence electrons. The zero-order valence-electron chi connectivity index (χ0n) is 18.8. The number of esters is 1. The number of nitrogens with zero attached hydrogens (tertiary/aromatic N) is 2. The monoisotopic (exact) mass is 469 g/mol. The standard InChI is InChI=1S/C22H21N3O4.C2H3FO2/c1-3-19(26)14-8-18-21-15(10-25(18)22(28)12(14)2)16(11-29-20(27)9-23)13-6-4-5-7-17(13)24-21;3-1-2(4)5/h4-8H,3,9-11,23H2,1-2H3;1H2,(H,4,5). The van der Waals surface area contributed by atoms with Crippen molar-refractivity contribution in [2.24, 2.45) is 5.73 Å². The van der Waals surface area contributed by atoms with E-state index in [0.717, 1.165) is 22.0 Å². The van der Waals surface area contributed by atoms with Gasteiger partial charge in [-0.2, -0.15) is 0 Å². The summed E-state index contributed by atoms with van der Waals surface area (Å²) in [6, 6.07) is 9.31. The van der Waals surface area contributed by atoms with Crippen LogP contribution in [0.15, 0.2) is 35.1 Å². The number of benzene rings is 1. The van der Waals surface area contributed by atoms with Crippen molar-refractivity contribution in [2.45, 2.75) is 33.4 Å². The number of halogens is 1. The number of ketones is 1. The Bertz CT molecular complexity index is 1350. The average molecular weight is 469 g/mol. The molecule has 3 heterocycles. The topological polar surface area (TPSA) is 142 Å². The maximum atomic E-state index is 13.0. The number of carbonyl (C=O) groups excluding carboxylic acids is 2. The van der Waals surface area contributed by atoms with E-state index in [2.05, 4.69) is 0 Å². The maximum absolute atomic E-state index is 13.0. The minimum Gasteiger partial charge on any atom is -0.479 e. The molecule has 1 aliphatic heterocycles. The quantitative estimate of drug-likeness (QED) is 0.324. The van der Waals surface area contributed by atoms with E-state index >= 15 is 0 Å². The van der Waals surface area contributed by atoms with Crippen molar-refractivity contribution in [3.05, 3.63) is 62.9 Å². The highest BCUT2D eigenvalue weighted by Crippen LogP contribution is 2.36. The molecule has 10 heteroatoms. The first-order chi connectivity index (χ1) is 16.2. The van der Waals surface area contributed by atoms with Crippen LogP contribution in [0.25, 0.3) is 22.3 Å². The third-order valence-electron chi connectivity index (χ3n) is 5.49. The van der Waals surface area contributed by atoms with Gasteiger partial charge in [-0.05, 0) is 19.1 Å². The van der Waals surface area contributed by atoms with Gasteiger partial charge < -0.3 is 20.1 Å². The number of hydrogen-bond donors (Lipinski definition) is 2. The first-order valence-corrected chi connectivity index (χ1v) is 10.5. The number of alkyl halides is 1. The lowest BCUT2D eigenvalue weighted by Crippen LogP contribution is -2.24. The first-order valence-electron chi connectivity index (χ1n) is 10.5. The van der Waals surface area contributed by atoms with Gasteiger partial charge in [-0.25, -0.2) is 14.2 Å². The van der Waals surface area contributed by atoms with Crippen molar-refractivity contribution >= 4 is 28.6 Å². The van der Waals surface area contributed by atoms with Crippen molar-refractivity contribution in [1.29, 1.82) is 0 Å². The van der Waals surface area contributed by atoms with Crippen LogP contribution in [0.2, 0.25) is 0 Å². The summed E-state index contributed by atoms with van der Waals surface area (Å²) in [7, 11) is 0. The third kappa shape index (κ3) is 4.72. The molecule has 4 rings (SSSR count). The largest absolute Gasteiger partial charge is 0.479 e. The molecule has 3 aromatic rings. The second-order valence-electron chi connectivity index (χ2n) is 7.56. The fourth-order valence-corrected chi connectivity index (χ4v) is 3.82. The number of Topliss-reactive ketones (excluding diaryl/α,β-unsaturated/α-hetero) is 1. The molecular weight excluding hydrogens is 445 g/mol. The van der Waals surface area contributed by atoms with Gasteiger partial charge in [-0.15, -0.1) is 0 Å². The van der Waals surface area contributed by atoms with E-state index in [1.165, 1.54) is 0 Å². The van der Waals surface area contributed by atoms with Crippen molar-refractivity contribution < 1.29 is 28.6 Å². The predicted molar refractivity (Wildman–Crippen MR) is 122 cm³/mol. The Morgan fingerprint density at radius 3 is 2.56 bits per heavy atom. The molecule has 0 bridgehead atoms. The van der Waals surface area contributed by atoms with Crippen LogP contribution in [0.1, 0.15) is 40.4 Å². The van der Waals surface area contributed by atoms with Crippen molar-refractivity contribution in [3.8, 4) is 11.4 Å². The third-order valence-corrected chi connectivity index (χ3v) is 5.49. The predicted octanol–water partition coefficient (Wildman–Crippen LogP) is 2.37. The number of ether oxygens (including phenoxy) is 1. The Kier molecular flexibility index (Phi) is 7.52. The lowest BCUT2D eigenvalue weighted by Gasteiger charge is -2.12. The summed E-state index contributed by atoms with van der Waals surface area (Å²) in [5, 5.41) is 8.21. The molecule has 0 amide bonds. The molecule has 34 heavy (non-hydrogen) atoms. The van der Waals surface area contributed by atoms with Crippen LogP contribution in [0, 0.1) is 6.92 Å². The summed E-state index contributed by atoms with van der Waals surface area (Å²) >= 11 is 0. The fourth-order valence-electron chi connectivity index (χ4n) is 3.82. The Labute approximate surface area is 194 Å². The highest BCUT2D eigenvalue weighted by atomic mass is 19.1. The minimum atomic E-state index is -1.41. The summed E-state index contributed by atoms with van der Waals surface area (Å²) < 4.78 is 17.5. The molecule has 0 radical (unpaired) electrons. The summed E-state index contributed by atoms with van der Waals surface area (Å²) in [6.45, 7) is 2.33. The van der Waals surface area contributed by atoms with Crippen molar-refractivity contribution in [3.63, 3.8) is 0 Å². The van der Waals surface area contributed by atoms with Gasteiger partial charge in [0.15, 0.2) is 12.5 Å². The Hall–Kier alpha value is -3.92. The molecule has 1 aliphatic rings. The molecule has 0 spiro atoms. The Morgan fingerprint density at radius 2 is 1.94 bits per heavy atom. The number of para-hydroxylation sites is 1. The average Bonchev–Trinajstić information content (AvgIpc) is 3.21. The second kappa shape index (κ2) is 10.3. The summed E-state index contributed by atoms with van der Waals surface area (Å²) in [5.41, 5.74) is 9.65. The number of pyridine rings is 2. The van der Waals surface area contributed by atoms with Gasteiger partial charge in [-0.3, -0.25) is 14.4 Å². The van der Waals surface area contributed by atoms with Crippen LogP contribution < -0.4 is 11.3 Å². The molecule has 1 aromatic carbocycles. The maximum Gasteiger partial charge on any atom is 0.335 e. The van der Waals surface area contributed by atoms with Crippen LogP contribution in [0.3, 0.4) is 0 Å². The number of rotatable bonds is 6. The number of fused-ring (bicyclic) bond motifs is 4. The van der Waals surface area contributed by atoms with Crippen molar-refractivity contribution in [2.75, 3.05) is 13.2 Å². The van der Waals surface area contributed by atoms with E-state index in [0.29, 0.717) is 35.5 Å². The van der Waals surface area contributed by atoms with Gasteiger partial charge in [0.2, 0.25) is 0 Å². The number of carbonyl (C=O) groups is 3. The zero-order chi connectivity index (χ0) is 25.0. The van der Waals surface area contributed by atoms with E-state index in [1.807, 2.05) is 24.3 Å². The lowest BCUT2D eigenvalue weighted by molar-refractivity contribution is -0.143. The molecule has 0 unspecified atom stereocenters. The molecule has 0 aliphatic carbocycles. The smallest absolute Gasteiger partial charge is 0.335 e. The first kappa shape index (κ1) is 24.7. The highest BCUT2D eigenvalue weighted by molar-refractivity contribution is 5.98. The van der Waals surface area contributed by atoms with Gasteiger partial charge in [0, 0.05) is 34.1 Å². The minimum absolute atomic E-state index is 0.0455. The van der Waals surface area contributed by atoms with Crippen LogP contribution in [-0.4, -0.2) is 45.6 Å². The van der Waals surface area contributed by atoms with Crippen molar-refractivity contribution in [1.82, 2.24) is 9.55 Å². The van der Waals surface area contributed by atoms with Gasteiger partial charge >= 0.3 is 11.9 Å². The molecule has 0 fully saturated rings. The number of carboxylic acid groups (broad SMARTS) is 1. The molecule has 3 N–H and O–H groups in total. The van der Waals surface area contributed by atoms with E-state index in [4.69, 9.17) is 25.4 Å². The van der Waals surface area contributed by atoms with Crippen LogP contribution in [0.4, 0.5) is 4.39 Å². The molecule has 0 atom stereocenters. The summed E-state index contributed by atoms with van der Waals surface area (Å²) in [6.07, 6.45) is 0.321. The molecule has 0 saturated heterocycles. The number of nitrogens with two attached hydrogens (primary N) is 1. The Balaban J connectivity index is 0.000000588.